The molecule has 1 N–H and O–H groups in total. The maximum absolute atomic E-state index is 13.1. The lowest BCUT2D eigenvalue weighted by atomic mass is 10.2. The Hall–Kier alpha value is -1.42. The predicted octanol–water partition coefficient (Wildman–Crippen LogP) is 2.26. The first-order chi connectivity index (χ1) is 6.27. The fourth-order valence-corrected chi connectivity index (χ4v) is 1.13. The molecule has 1 aromatic carbocycles. The second-order valence-electron chi connectivity index (χ2n) is 2.43. The molecule has 0 radical (unpaired) electrons. The van der Waals surface area contributed by atoms with Crippen molar-refractivity contribution in [2.75, 3.05) is 0 Å². The molecule has 0 saturated heterocycles. The van der Waals surface area contributed by atoms with Gasteiger partial charge in [-0.25, -0.2) is 9.49 Å². The van der Waals surface area contributed by atoms with Crippen LogP contribution >= 0.6 is 11.6 Å². The largest absolute Gasteiger partial charge is 0.249 e. The number of H-pyrrole nitrogens is 1. The Morgan fingerprint density at radius 2 is 2.08 bits per heavy atom. The molecule has 0 aliphatic rings. The molecule has 3 nitrogen and oxygen atoms in total. The quantitative estimate of drug-likeness (QED) is 0.762. The summed E-state index contributed by atoms with van der Waals surface area (Å²) in [7, 11) is 0. The molecule has 0 aliphatic heterocycles. The summed E-state index contributed by atoms with van der Waals surface area (Å²) in [6, 6.07) is 6.25. The minimum absolute atomic E-state index is 0.151. The topological polar surface area (TPSA) is 41.6 Å². The highest BCUT2D eigenvalue weighted by Crippen LogP contribution is 2.18. The van der Waals surface area contributed by atoms with Crippen LogP contribution in [0, 0.1) is 5.82 Å². The Labute approximate surface area is 78.6 Å². The first-order valence-corrected chi connectivity index (χ1v) is 3.98. The molecule has 5 heteroatoms. The van der Waals surface area contributed by atoms with Gasteiger partial charge in [0.2, 0.25) is 5.28 Å². The van der Waals surface area contributed by atoms with Crippen LogP contribution in [0.3, 0.4) is 0 Å². The smallest absolute Gasteiger partial charge is 0.218 e. The molecule has 0 saturated carbocycles. The zero-order valence-electron chi connectivity index (χ0n) is 6.46. The van der Waals surface area contributed by atoms with Gasteiger partial charge in [0.15, 0.2) is 5.82 Å². The summed E-state index contributed by atoms with van der Waals surface area (Å²) in [5.74, 6) is -0.0960. The van der Waals surface area contributed by atoms with E-state index in [9.17, 15) is 4.39 Å². The van der Waals surface area contributed by atoms with Gasteiger partial charge in [0.05, 0.1) is 5.56 Å². The minimum atomic E-state index is -0.363. The summed E-state index contributed by atoms with van der Waals surface area (Å²) >= 11 is 5.51. The highest BCUT2D eigenvalue weighted by molar-refractivity contribution is 6.28. The number of hydrogen-bond acceptors (Lipinski definition) is 2. The molecule has 0 bridgehead atoms. The van der Waals surface area contributed by atoms with E-state index in [1.807, 2.05) is 0 Å². The second-order valence-corrected chi connectivity index (χ2v) is 2.79. The molecular weight excluding hydrogens is 193 g/mol. The van der Waals surface area contributed by atoms with E-state index < -0.39 is 0 Å². The summed E-state index contributed by atoms with van der Waals surface area (Å²) in [5.41, 5.74) is 0.339. The SMILES string of the molecule is Fc1ccccc1-c1n[nH]c(Cl)n1. The first kappa shape index (κ1) is 8.19. The van der Waals surface area contributed by atoms with Gasteiger partial charge in [0.25, 0.3) is 0 Å². The Morgan fingerprint density at radius 3 is 2.69 bits per heavy atom. The van der Waals surface area contributed by atoms with Crippen LogP contribution in [-0.4, -0.2) is 15.2 Å². The third kappa shape index (κ3) is 1.53. The minimum Gasteiger partial charge on any atom is -0.249 e. The van der Waals surface area contributed by atoms with Crippen LogP contribution in [0.1, 0.15) is 0 Å². The average molecular weight is 198 g/mol. The van der Waals surface area contributed by atoms with Gasteiger partial charge in [-0.2, -0.15) is 10.1 Å². The number of hydrogen-bond donors (Lipinski definition) is 1. The summed E-state index contributed by atoms with van der Waals surface area (Å²) in [6.45, 7) is 0. The number of benzene rings is 1. The van der Waals surface area contributed by atoms with Gasteiger partial charge < -0.3 is 0 Å². The average Bonchev–Trinajstić information content (AvgIpc) is 2.53. The van der Waals surface area contributed by atoms with E-state index in [2.05, 4.69) is 15.2 Å². The van der Waals surface area contributed by atoms with E-state index in [-0.39, 0.29) is 16.9 Å². The summed E-state index contributed by atoms with van der Waals surface area (Å²) in [4.78, 5) is 3.80. The van der Waals surface area contributed by atoms with Crippen LogP contribution in [0.25, 0.3) is 11.4 Å². The Morgan fingerprint density at radius 1 is 1.31 bits per heavy atom. The van der Waals surface area contributed by atoms with Gasteiger partial charge in [-0.3, -0.25) is 0 Å². The summed E-state index contributed by atoms with van der Waals surface area (Å²) < 4.78 is 13.1. The van der Waals surface area contributed by atoms with E-state index in [0.717, 1.165) is 0 Å². The number of nitrogens with one attached hydrogen (secondary N) is 1. The standard InChI is InChI=1S/C8H5ClFN3/c9-8-11-7(12-13-8)5-3-1-2-4-6(5)10/h1-4H,(H,11,12,13). The zero-order valence-corrected chi connectivity index (χ0v) is 7.22. The van der Waals surface area contributed by atoms with E-state index in [1.54, 1.807) is 18.2 Å². The zero-order chi connectivity index (χ0) is 9.26. The van der Waals surface area contributed by atoms with E-state index >= 15 is 0 Å². The van der Waals surface area contributed by atoms with Crippen LogP contribution in [0.5, 0.6) is 0 Å². The van der Waals surface area contributed by atoms with E-state index in [0.29, 0.717) is 5.56 Å². The number of halogens is 2. The van der Waals surface area contributed by atoms with Crippen molar-refractivity contribution in [3.8, 4) is 11.4 Å². The number of rotatable bonds is 1. The lowest BCUT2D eigenvalue weighted by Crippen LogP contribution is -1.85. The fourth-order valence-electron chi connectivity index (χ4n) is 1.01. The number of aromatic nitrogens is 3. The van der Waals surface area contributed by atoms with Crippen molar-refractivity contribution in [3.05, 3.63) is 35.4 Å². The van der Waals surface area contributed by atoms with Gasteiger partial charge >= 0.3 is 0 Å². The lowest BCUT2D eigenvalue weighted by molar-refractivity contribution is 0.630. The number of aromatic amines is 1. The van der Waals surface area contributed by atoms with Crippen LogP contribution < -0.4 is 0 Å². The van der Waals surface area contributed by atoms with Gasteiger partial charge in [0.1, 0.15) is 5.82 Å². The lowest BCUT2D eigenvalue weighted by Gasteiger charge is -1.94. The van der Waals surface area contributed by atoms with Crippen molar-refractivity contribution < 1.29 is 4.39 Å². The third-order valence-electron chi connectivity index (χ3n) is 1.57. The van der Waals surface area contributed by atoms with Crippen molar-refractivity contribution in [2.45, 2.75) is 0 Å². The van der Waals surface area contributed by atoms with Crippen LogP contribution in [0.2, 0.25) is 5.28 Å². The van der Waals surface area contributed by atoms with Crippen molar-refractivity contribution in [1.29, 1.82) is 0 Å². The van der Waals surface area contributed by atoms with Crippen molar-refractivity contribution in [2.24, 2.45) is 0 Å². The molecule has 1 heterocycles. The van der Waals surface area contributed by atoms with Crippen molar-refractivity contribution in [1.82, 2.24) is 15.2 Å². The van der Waals surface area contributed by atoms with E-state index in [1.165, 1.54) is 6.07 Å². The molecule has 0 fully saturated rings. The monoisotopic (exact) mass is 197 g/mol. The highest BCUT2D eigenvalue weighted by Gasteiger charge is 2.08. The molecular formula is C8H5ClFN3. The molecule has 0 aliphatic carbocycles. The normalized spacial score (nSPS) is 10.3. The van der Waals surface area contributed by atoms with Gasteiger partial charge in [-0.05, 0) is 23.7 Å². The Bertz CT molecular complexity index is 427. The highest BCUT2D eigenvalue weighted by atomic mass is 35.5. The fraction of sp³-hybridized carbons (Fsp3) is 0. The maximum atomic E-state index is 13.1. The molecule has 0 amide bonds. The molecule has 0 atom stereocenters. The molecule has 2 rings (SSSR count). The van der Waals surface area contributed by atoms with Crippen LogP contribution in [-0.2, 0) is 0 Å². The summed E-state index contributed by atoms with van der Waals surface area (Å²) in [6.07, 6.45) is 0. The Balaban J connectivity index is 2.52. The second kappa shape index (κ2) is 3.14. The van der Waals surface area contributed by atoms with Crippen molar-refractivity contribution in [3.63, 3.8) is 0 Å². The van der Waals surface area contributed by atoms with Crippen LogP contribution in [0.4, 0.5) is 4.39 Å². The third-order valence-corrected chi connectivity index (χ3v) is 1.74. The molecule has 0 spiro atoms. The molecule has 13 heavy (non-hydrogen) atoms. The molecule has 2 aromatic rings. The van der Waals surface area contributed by atoms with Crippen molar-refractivity contribution >= 4 is 11.6 Å². The summed E-state index contributed by atoms with van der Waals surface area (Å²) in [5, 5.41) is 6.32. The number of nitrogens with zero attached hydrogens (tertiary/aromatic N) is 2. The first-order valence-electron chi connectivity index (χ1n) is 3.60. The molecule has 66 valence electrons. The van der Waals surface area contributed by atoms with Gasteiger partial charge in [-0.15, -0.1) is 0 Å². The van der Waals surface area contributed by atoms with E-state index in [4.69, 9.17) is 11.6 Å². The van der Waals surface area contributed by atoms with Crippen LogP contribution in [0.15, 0.2) is 24.3 Å². The Kier molecular flexibility index (Phi) is 1.98. The maximum Gasteiger partial charge on any atom is 0.218 e. The predicted molar refractivity (Wildman–Crippen MR) is 46.8 cm³/mol. The van der Waals surface area contributed by atoms with Gasteiger partial charge in [-0.1, -0.05) is 12.1 Å². The molecule has 0 unspecified atom stereocenters. The molecule has 1 aromatic heterocycles. The van der Waals surface area contributed by atoms with Gasteiger partial charge in [0, 0.05) is 0 Å².